The number of methoxy groups -OCH3 is 1. The van der Waals surface area contributed by atoms with Crippen molar-refractivity contribution in [2.45, 2.75) is 6.54 Å². The molecule has 1 rings (SSSR count). The smallest absolute Gasteiger partial charge is 0.416 e. The highest BCUT2D eigenvalue weighted by Crippen LogP contribution is 2.19. The van der Waals surface area contributed by atoms with E-state index in [9.17, 15) is 14.9 Å². The van der Waals surface area contributed by atoms with Gasteiger partial charge in [0.2, 0.25) is 0 Å². The van der Waals surface area contributed by atoms with Crippen LogP contribution < -0.4 is 5.32 Å². The number of carbonyl (C=O) groups excluding carboxylic acids is 1. The van der Waals surface area contributed by atoms with Crippen LogP contribution in [0.5, 0.6) is 0 Å². The van der Waals surface area contributed by atoms with Crippen LogP contribution in [-0.2, 0) is 11.3 Å². The van der Waals surface area contributed by atoms with Crippen LogP contribution in [0.1, 0.15) is 4.88 Å². The van der Waals surface area contributed by atoms with Gasteiger partial charge in [-0.25, -0.2) is 24.8 Å². The zero-order chi connectivity index (χ0) is 14.4. The maximum absolute atomic E-state index is 11.6. The van der Waals surface area contributed by atoms with Gasteiger partial charge in [-0.05, 0) is 0 Å². The molecule has 0 aliphatic rings. The highest BCUT2D eigenvalue weighted by Gasteiger charge is 2.23. The molecule has 1 N–H and O–H groups in total. The first kappa shape index (κ1) is 15.1. The van der Waals surface area contributed by atoms with Crippen LogP contribution >= 0.6 is 22.9 Å². The Balaban J connectivity index is 3.00. The summed E-state index contributed by atoms with van der Waals surface area (Å²) in [6.07, 6.45) is 0.669. The summed E-state index contributed by atoms with van der Waals surface area (Å²) < 4.78 is 4.85. The molecule has 11 heteroatoms. The lowest BCUT2D eigenvalue weighted by Crippen LogP contribution is -2.43. The van der Waals surface area contributed by atoms with Crippen molar-refractivity contribution >= 4 is 35.0 Å². The molecule has 0 aromatic carbocycles. The van der Waals surface area contributed by atoms with Crippen LogP contribution in [0.3, 0.4) is 0 Å². The van der Waals surface area contributed by atoms with Crippen molar-refractivity contribution in [3.8, 4) is 0 Å². The van der Waals surface area contributed by atoms with E-state index in [-0.39, 0.29) is 12.5 Å². The van der Waals surface area contributed by atoms with Crippen LogP contribution in [0.4, 0.5) is 4.79 Å². The van der Waals surface area contributed by atoms with E-state index in [1.165, 1.54) is 13.2 Å². The van der Waals surface area contributed by atoms with Gasteiger partial charge in [0, 0.05) is 18.1 Å². The normalized spacial score (nSPS) is 11.0. The maximum atomic E-state index is 11.6. The van der Waals surface area contributed by atoms with E-state index in [1.54, 1.807) is 0 Å². The van der Waals surface area contributed by atoms with E-state index in [2.05, 4.69) is 20.1 Å². The van der Waals surface area contributed by atoms with Crippen LogP contribution in [0, 0.1) is 10.1 Å². The Bertz CT molecular complexity index is 505. The fourth-order valence-corrected chi connectivity index (χ4v) is 2.13. The van der Waals surface area contributed by atoms with Gasteiger partial charge in [0.15, 0.2) is 9.50 Å². The number of halogens is 1. The third-order valence-electron chi connectivity index (χ3n) is 1.89. The van der Waals surface area contributed by atoms with E-state index in [4.69, 9.17) is 11.6 Å². The van der Waals surface area contributed by atoms with Gasteiger partial charge in [-0.2, -0.15) is 0 Å². The largest absolute Gasteiger partial charge is 0.452 e. The summed E-state index contributed by atoms with van der Waals surface area (Å²) in [6.45, 7) is 0.00454. The van der Waals surface area contributed by atoms with Gasteiger partial charge in [-0.1, -0.05) is 11.6 Å². The minimum Gasteiger partial charge on any atom is -0.452 e. The fraction of sp³-hybridized carbons (Fsp3) is 0.375. The van der Waals surface area contributed by atoms with E-state index in [0.717, 1.165) is 23.3 Å². The number of nitro groups is 1. The lowest BCUT2D eigenvalue weighted by atomic mass is 10.5. The van der Waals surface area contributed by atoms with Crippen LogP contribution in [0.15, 0.2) is 11.3 Å². The van der Waals surface area contributed by atoms with E-state index in [0.29, 0.717) is 9.34 Å². The molecule has 0 saturated heterocycles. The van der Waals surface area contributed by atoms with Crippen LogP contribution in [0.2, 0.25) is 4.47 Å². The number of hydrogen-bond donors (Lipinski definition) is 1. The molecular formula is C8H10ClN5O4S. The number of hydrogen-bond acceptors (Lipinski definition) is 6. The van der Waals surface area contributed by atoms with Crippen LogP contribution in [-0.4, -0.2) is 41.1 Å². The fourth-order valence-electron chi connectivity index (χ4n) is 1.16. The number of ether oxygens (including phenoxy) is 1. The average Bonchev–Trinajstić information content (AvgIpc) is 2.78. The van der Waals surface area contributed by atoms with Crippen molar-refractivity contribution < 1.29 is 14.6 Å². The van der Waals surface area contributed by atoms with E-state index in [1.807, 2.05) is 0 Å². The van der Waals surface area contributed by atoms with Gasteiger partial charge in [0.1, 0.15) is 5.10 Å². The Morgan fingerprint density at radius 1 is 1.79 bits per heavy atom. The molecule has 1 amide bonds. The molecule has 0 aliphatic heterocycles. The molecule has 104 valence electrons. The topological polar surface area (TPSA) is 110 Å². The molecule has 0 spiro atoms. The van der Waals surface area contributed by atoms with Crippen molar-refractivity contribution in [3.63, 3.8) is 0 Å². The Morgan fingerprint density at radius 3 is 2.89 bits per heavy atom. The van der Waals surface area contributed by atoms with Gasteiger partial charge < -0.3 is 10.1 Å². The highest BCUT2D eigenvalue weighted by molar-refractivity contribution is 7.15. The predicted octanol–water partition coefficient (Wildman–Crippen LogP) is 1.13. The van der Waals surface area contributed by atoms with Gasteiger partial charge >= 0.3 is 6.09 Å². The predicted molar refractivity (Wildman–Crippen MR) is 68.6 cm³/mol. The number of amides is 1. The number of nitrogens with zero attached hydrogens (tertiary/aromatic N) is 4. The summed E-state index contributed by atoms with van der Waals surface area (Å²) in [7, 11) is 2.56. The number of thiazole rings is 1. The molecule has 9 nitrogen and oxygen atoms in total. The maximum Gasteiger partial charge on any atom is 0.416 e. The number of aromatic nitrogens is 1. The third kappa shape index (κ3) is 4.34. The number of rotatable bonds is 3. The minimum atomic E-state index is -0.915. The lowest BCUT2D eigenvalue weighted by molar-refractivity contribution is -0.485. The molecule has 0 saturated carbocycles. The zero-order valence-corrected chi connectivity index (χ0v) is 11.6. The lowest BCUT2D eigenvalue weighted by Gasteiger charge is -2.19. The molecule has 19 heavy (non-hydrogen) atoms. The summed E-state index contributed by atoms with van der Waals surface area (Å²) in [6, 6.07) is 0. The Labute approximate surface area is 117 Å². The van der Waals surface area contributed by atoms with E-state index < -0.39 is 11.1 Å². The standard InChI is InChI=1S/C8H10ClN5O4S/c1-10-7(12-14(16)17)13(8(15)18-2)4-5-3-11-6(9)19-5/h3H,4H2,1-2H3,(H,10,12). The number of carbonyl (C=O) groups is 1. The zero-order valence-electron chi connectivity index (χ0n) is 9.99. The van der Waals surface area contributed by atoms with Crippen molar-refractivity contribution in [2.75, 3.05) is 14.2 Å². The number of nitrogens with one attached hydrogen (secondary N) is 1. The van der Waals surface area contributed by atoms with Gasteiger partial charge in [-0.15, -0.1) is 11.3 Å². The second-order valence-electron chi connectivity index (χ2n) is 3.05. The third-order valence-corrected chi connectivity index (χ3v) is 2.99. The summed E-state index contributed by atoms with van der Waals surface area (Å²) >= 11 is 6.82. The quantitative estimate of drug-likeness (QED) is 0.388. The van der Waals surface area contributed by atoms with Crippen molar-refractivity contribution in [1.29, 1.82) is 0 Å². The molecule has 1 heterocycles. The molecule has 0 atom stereocenters. The second kappa shape index (κ2) is 6.85. The SMILES string of the molecule is CN/C(=N\[N+](=O)[O-])N(Cc1cnc(Cl)s1)C(=O)OC. The number of hydrazone groups is 1. The Hall–Kier alpha value is -1.94. The molecule has 1 aromatic heterocycles. The molecule has 0 aliphatic carbocycles. The first-order valence-corrected chi connectivity index (χ1v) is 6.03. The van der Waals surface area contributed by atoms with Gasteiger partial charge in [0.25, 0.3) is 5.96 Å². The first-order valence-electron chi connectivity index (χ1n) is 4.84. The Kier molecular flexibility index (Phi) is 5.45. The summed E-state index contributed by atoms with van der Waals surface area (Å²) in [4.78, 5) is 27.4. The minimum absolute atomic E-state index is 0.00454. The van der Waals surface area contributed by atoms with E-state index >= 15 is 0 Å². The molecule has 0 unspecified atom stereocenters. The molecule has 1 aromatic rings. The van der Waals surface area contributed by atoms with Crippen molar-refractivity contribution in [2.24, 2.45) is 5.10 Å². The Morgan fingerprint density at radius 2 is 2.47 bits per heavy atom. The van der Waals surface area contributed by atoms with Crippen molar-refractivity contribution in [1.82, 2.24) is 15.2 Å². The van der Waals surface area contributed by atoms with Gasteiger partial charge in [-0.3, -0.25) is 0 Å². The molecule has 0 bridgehead atoms. The highest BCUT2D eigenvalue weighted by atomic mass is 35.5. The molecule has 0 fully saturated rings. The summed E-state index contributed by atoms with van der Waals surface area (Å²) in [5.74, 6) is -0.249. The van der Waals surface area contributed by atoms with Crippen LogP contribution in [0.25, 0.3) is 0 Å². The molecular weight excluding hydrogens is 298 g/mol. The average molecular weight is 308 g/mol. The summed E-state index contributed by atoms with van der Waals surface area (Å²) in [5, 5.41) is 15.0. The molecule has 0 radical (unpaired) electrons. The monoisotopic (exact) mass is 307 g/mol. The summed E-state index contributed by atoms with van der Waals surface area (Å²) in [5.41, 5.74) is 0. The van der Waals surface area contributed by atoms with Gasteiger partial charge in [0.05, 0.1) is 13.7 Å². The second-order valence-corrected chi connectivity index (χ2v) is 4.74. The van der Waals surface area contributed by atoms with Crippen molar-refractivity contribution in [3.05, 3.63) is 25.7 Å². The first-order chi connectivity index (χ1) is 8.97. The number of guanidine groups is 1.